The van der Waals surface area contributed by atoms with Gasteiger partial charge >= 0.3 is 0 Å². The summed E-state index contributed by atoms with van der Waals surface area (Å²) in [7, 11) is 0. The van der Waals surface area contributed by atoms with Gasteiger partial charge in [-0.05, 0) is 0 Å². The van der Waals surface area contributed by atoms with E-state index in [1.165, 1.54) is 0 Å². The molecule has 0 saturated carbocycles. The van der Waals surface area contributed by atoms with Gasteiger partial charge in [-0.1, -0.05) is 7.43 Å². The first-order chi connectivity index (χ1) is 2.41. The van der Waals surface area contributed by atoms with Crippen LogP contribution in [-0.4, -0.2) is 18.3 Å². The fraction of sp³-hybridized carbons (Fsp3) is 0.333. The maximum Gasteiger partial charge on any atom is 0.245 e. The molecule has 0 rings (SSSR count). The molecule has 0 unspecified atom stereocenters. The Kier molecular flexibility index (Phi) is 49500. The number of rotatable bonds is 0. The topological polar surface area (TPSA) is 53.5 Å². The second kappa shape index (κ2) is 15100. The molecule has 0 aromatic rings. The monoisotopic (exact) mass is 88.1 g/mol. The predicted molar refractivity (Wildman–Crippen MR) is 24.6 cm³/mol. The average Bonchev–Trinajstić information content (AvgIpc) is 1.46. The van der Waals surface area contributed by atoms with E-state index >= 15 is 0 Å². The number of carbonyl (C=O) groups excluding carboxylic acids is 1. The van der Waals surface area contributed by atoms with Crippen LogP contribution >= 0.6 is 0 Å². The van der Waals surface area contributed by atoms with Crippen LogP contribution in [0.5, 0.6) is 0 Å². The average molecular weight is 88.1 g/mol. The molecule has 3 nitrogen and oxygen atoms in total. The molecule has 0 heterocycles. The largest absolute Gasteiger partial charge is 0.362 e. The van der Waals surface area contributed by atoms with Crippen molar-refractivity contribution in [2.24, 2.45) is 0 Å². The van der Waals surface area contributed by atoms with Gasteiger partial charge in [-0.2, -0.15) is 4.79 Å². The normalized spacial score (nSPS) is 2.00. The summed E-state index contributed by atoms with van der Waals surface area (Å²) in [6.45, 7) is 4.67. The van der Waals surface area contributed by atoms with Crippen LogP contribution < -0.4 is 0 Å². The van der Waals surface area contributed by atoms with Crippen molar-refractivity contribution in [3.8, 4) is 0 Å². The minimum atomic E-state index is 0. The van der Waals surface area contributed by atoms with Crippen LogP contribution in [0.1, 0.15) is 7.43 Å². The van der Waals surface area contributed by atoms with Crippen molar-refractivity contribution in [1.29, 1.82) is 0 Å². The lowest BCUT2D eigenvalue weighted by molar-refractivity contribution is -0.0979. The highest BCUT2D eigenvalue weighted by Crippen LogP contribution is 0.902. The van der Waals surface area contributed by atoms with Gasteiger partial charge in [0.2, 0.25) is 6.72 Å². The Balaban J connectivity index is -0.0000000275. The molecule has 0 aromatic carbocycles. The van der Waals surface area contributed by atoms with Crippen molar-refractivity contribution in [3.63, 3.8) is 0 Å². The molecule has 0 N–H and O–H groups in total. The molecule has 0 aliphatic rings. The fourth-order valence-electron chi connectivity index (χ4n) is 0. The van der Waals surface area contributed by atoms with E-state index in [4.69, 9.17) is 10.3 Å². The molecular formula is C3H8N2O. The summed E-state index contributed by atoms with van der Waals surface area (Å²) in [6.07, 6.45) is 0. The van der Waals surface area contributed by atoms with Crippen LogP contribution in [0.15, 0.2) is 0 Å². The summed E-state index contributed by atoms with van der Waals surface area (Å²) in [4.78, 5) is 10.2. The van der Waals surface area contributed by atoms with E-state index in [9.17, 15) is 0 Å². The molecular weight excluding hydrogens is 80.0 g/mol. The third kappa shape index (κ3) is 14.2. The molecule has 0 aliphatic heterocycles. The molecule has 0 aromatic heterocycles. The molecule has 0 aliphatic carbocycles. The van der Waals surface area contributed by atoms with Gasteiger partial charge in [0.05, 0.1) is 0 Å². The quantitative estimate of drug-likeness (QED) is 0.240. The molecule has 3 heteroatoms. The molecule has 36 valence electrons. The Labute approximate surface area is 37.2 Å². The first-order valence-corrected chi connectivity index (χ1v) is 0.805. The van der Waals surface area contributed by atoms with Crippen LogP contribution in [0.25, 0.3) is 5.53 Å². The van der Waals surface area contributed by atoms with Gasteiger partial charge in [0.1, 0.15) is 6.79 Å². The Morgan fingerprint density at radius 3 is 1.50 bits per heavy atom. The number of nitrogens with zero attached hydrogens (tertiary/aromatic N) is 2. The fourth-order valence-corrected chi connectivity index (χ4v) is 0. The van der Waals surface area contributed by atoms with E-state index in [0.29, 0.717) is 0 Å². The second-order valence-electron chi connectivity index (χ2n) is 0.141. The van der Waals surface area contributed by atoms with Crippen molar-refractivity contribution in [3.05, 3.63) is 5.53 Å². The third-order valence-corrected chi connectivity index (χ3v) is 0. The van der Waals surface area contributed by atoms with Crippen LogP contribution in [-0.2, 0) is 4.79 Å². The van der Waals surface area contributed by atoms with Crippen molar-refractivity contribution in [1.82, 2.24) is 0 Å². The Hall–Kier alpha value is -0.950. The summed E-state index contributed by atoms with van der Waals surface area (Å²) in [5, 5.41) is 0. The number of carbonyl (C=O) groups is 1. The van der Waals surface area contributed by atoms with E-state index < -0.39 is 0 Å². The molecule has 0 bridgehead atoms. The zero-order chi connectivity index (χ0) is 4.71. The summed E-state index contributed by atoms with van der Waals surface area (Å²) < 4.78 is 0. The van der Waals surface area contributed by atoms with Crippen molar-refractivity contribution < 1.29 is 9.58 Å². The molecule has 0 spiro atoms. The highest BCUT2D eigenvalue weighted by Gasteiger charge is 0.932. The van der Waals surface area contributed by atoms with E-state index in [2.05, 4.69) is 11.5 Å². The summed E-state index contributed by atoms with van der Waals surface area (Å²) in [5.74, 6) is 0. The van der Waals surface area contributed by atoms with E-state index in [-0.39, 0.29) is 7.43 Å². The Bertz CT molecular complexity index is 38.1. The van der Waals surface area contributed by atoms with Crippen LogP contribution in [0.3, 0.4) is 0 Å². The minimum Gasteiger partial charge on any atom is -0.362 e. The SMILES string of the molecule is C.C=O.C=[N+]=[N-]. The van der Waals surface area contributed by atoms with E-state index in [0.717, 1.165) is 0 Å². The summed E-state index contributed by atoms with van der Waals surface area (Å²) in [5.41, 5.74) is 7.08. The maximum atomic E-state index is 8.00. The Morgan fingerprint density at radius 1 is 1.50 bits per heavy atom. The standard InChI is InChI=1S/CH2N2.CH2O.CH4/c1-3-2;1-2;/h1H2;1H2;1H4. The van der Waals surface area contributed by atoms with Gasteiger partial charge in [-0.25, -0.2) is 0 Å². The number of hydrogen-bond donors (Lipinski definition) is 0. The maximum absolute atomic E-state index is 8.00. The smallest absolute Gasteiger partial charge is 0.245 e. The van der Waals surface area contributed by atoms with E-state index in [1.54, 1.807) is 0 Å². The third-order valence-electron chi connectivity index (χ3n) is 0. The zero-order valence-electron chi connectivity index (χ0n) is 2.72. The lowest BCUT2D eigenvalue weighted by Crippen LogP contribution is -1.21. The first kappa shape index (κ1) is 19.7. The second-order valence-corrected chi connectivity index (χ2v) is 0.141. The zero-order valence-corrected chi connectivity index (χ0v) is 2.72. The lowest BCUT2D eigenvalue weighted by Gasteiger charge is -1.16. The van der Waals surface area contributed by atoms with Crippen molar-refractivity contribution >= 4 is 13.5 Å². The highest BCUT2D eigenvalue weighted by molar-refractivity contribution is 5.12. The first-order valence-electron chi connectivity index (χ1n) is 0.805. The van der Waals surface area contributed by atoms with Gasteiger partial charge in [0.15, 0.2) is 0 Å². The van der Waals surface area contributed by atoms with Gasteiger partial charge < -0.3 is 10.3 Å². The van der Waals surface area contributed by atoms with Crippen molar-refractivity contribution in [2.75, 3.05) is 0 Å². The summed E-state index contributed by atoms with van der Waals surface area (Å²) >= 11 is 0. The number of hydrogen-bond acceptors (Lipinski definition) is 1. The molecule has 0 amide bonds. The minimum absolute atomic E-state index is 0. The van der Waals surface area contributed by atoms with E-state index in [1.807, 2.05) is 6.79 Å². The summed E-state index contributed by atoms with van der Waals surface area (Å²) in [6, 6.07) is 0. The molecule has 0 atom stereocenters. The van der Waals surface area contributed by atoms with Crippen LogP contribution in [0.4, 0.5) is 0 Å². The molecule has 0 saturated heterocycles. The van der Waals surface area contributed by atoms with Crippen LogP contribution in [0, 0.1) is 0 Å². The highest BCUT2D eigenvalue weighted by atomic mass is 16.1. The van der Waals surface area contributed by atoms with Gasteiger partial charge in [0.25, 0.3) is 0 Å². The van der Waals surface area contributed by atoms with Gasteiger partial charge in [0, 0.05) is 0 Å². The molecule has 6 heavy (non-hydrogen) atoms. The Morgan fingerprint density at radius 2 is 1.50 bits per heavy atom. The molecule has 0 radical (unpaired) electrons. The van der Waals surface area contributed by atoms with Gasteiger partial charge in [-0.3, -0.25) is 0 Å². The van der Waals surface area contributed by atoms with Crippen molar-refractivity contribution in [2.45, 2.75) is 7.43 Å². The lowest BCUT2D eigenvalue weighted by atomic mass is 11.8. The van der Waals surface area contributed by atoms with Gasteiger partial charge in [-0.15, -0.1) is 0 Å². The van der Waals surface area contributed by atoms with Crippen LogP contribution in [0.2, 0.25) is 0 Å². The molecule has 0 fully saturated rings. The predicted octanol–water partition coefficient (Wildman–Crippen LogP) is 0.368.